The van der Waals surface area contributed by atoms with Crippen molar-refractivity contribution < 1.29 is 4.79 Å². The van der Waals surface area contributed by atoms with Crippen molar-refractivity contribution in [3.63, 3.8) is 0 Å². The van der Waals surface area contributed by atoms with E-state index in [0.717, 1.165) is 31.6 Å². The van der Waals surface area contributed by atoms with Crippen LogP contribution in [0, 0.1) is 5.92 Å². The summed E-state index contributed by atoms with van der Waals surface area (Å²) < 4.78 is 3.98. The van der Waals surface area contributed by atoms with Crippen molar-refractivity contribution in [1.29, 1.82) is 0 Å². The van der Waals surface area contributed by atoms with Crippen LogP contribution in [0.1, 0.15) is 55.4 Å². The minimum atomic E-state index is -0.148. The van der Waals surface area contributed by atoms with Gasteiger partial charge in [0.2, 0.25) is 0 Å². The predicted molar refractivity (Wildman–Crippen MR) is 80.9 cm³/mol. The first-order chi connectivity index (χ1) is 9.43. The molecule has 6 heteroatoms. The SMILES string of the molecule is CC(C)(C)c1nnsc1C(=O)N1CCCC(CCN)C1. The smallest absolute Gasteiger partial charge is 0.267 e. The van der Waals surface area contributed by atoms with E-state index in [-0.39, 0.29) is 11.3 Å². The summed E-state index contributed by atoms with van der Waals surface area (Å²) in [6.45, 7) is 8.54. The Bertz CT molecular complexity index is 464. The molecule has 1 aliphatic heterocycles. The first-order valence-corrected chi connectivity index (χ1v) is 8.03. The predicted octanol–water partition coefficient (Wildman–Crippen LogP) is 2.04. The summed E-state index contributed by atoms with van der Waals surface area (Å²) in [6, 6.07) is 0. The van der Waals surface area contributed by atoms with Gasteiger partial charge in [-0.15, -0.1) is 5.10 Å². The lowest BCUT2D eigenvalue weighted by molar-refractivity contribution is 0.0671. The molecule has 20 heavy (non-hydrogen) atoms. The number of amides is 1. The zero-order valence-electron chi connectivity index (χ0n) is 12.6. The third kappa shape index (κ3) is 3.35. The number of likely N-dealkylation sites (tertiary alicyclic amines) is 1. The Morgan fingerprint density at radius 1 is 1.50 bits per heavy atom. The van der Waals surface area contributed by atoms with Gasteiger partial charge in [0.1, 0.15) is 4.88 Å². The zero-order valence-corrected chi connectivity index (χ0v) is 13.4. The average molecular weight is 296 g/mol. The van der Waals surface area contributed by atoms with Crippen LogP contribution in [-0.2, 0) is 5.41 Å². The van der Waals surface area contributed by atoms with Gasteiger partial charge in [-0.3, -0.25) is 4.79 Å². The lowest BCUT2D eigenvalue weighted by Gasteiger charge is -2.32. The van der Waals surface area contributed by atoms with Crippen LogP contribution in [-0.4, -0.2) is 40.0 Å². The van der Waals surface area contributed by atoms with Gasteiger partial charge in [0.05, 0.1) is 5.69 Å². The molecule has 1 atom stereocenters. The van der Waals surface area contributed by atoms with E-state index >= 15 is 0 Å². The van der Waals surface area contributed by atoms with Crippen LogP contribution >= 0.6 is 11.5 Å². The Kier molecular flexibility index (Phi) is 4.75. The first kappa shape index (κ1) is 15.4. The van der Waals surface area contributed by atoms with E-state index in [9.17, 15) is 4.79 Å². The highest BCUT2D eigenvalue weighted by Gasteiger charge is 2.31. The van der Waals surface area contributed by atoms with Crippen LogP contribution in [0.3, 0.4) is 0 Å². The van der Waals surface area contributed by atoms with Gasteiger partial charge in [-0.2, -0.15) is 0 Å². The highest BCUT2D eigenvalue weighted by atomic mass is 32.1. The van der Waals surface area contributed by atoms with Crippen molar-refractivity contribution in [3.05, 3.63) is 10.6 Å². The fraction of sp³-hybridized carbons (Fsp3) is 0.786. The molecule has 0 bridgehead atoms. The molecule has 1 aliphatic rings. The Morgan fingerprint density at radius 3 is 2.90 bits per heavy atom. The molecule has 1 saturated heterocycles. The topological polar surface area (TPSA) is 72.1 Å². The summed E-state index contributed by atoms with van der Waals surface area (Å²) in [5.74, 6) is 0.628. The van der Waals surface area contributed by atoms with Gasteiger partial charge in [0.25, 0.3) is 5.91 Å². The lowest BCUT2D eigenvalue weighted by Crippen LogP contribution is -2.40. The molecule has 0 aliphatic carbocycles. The Labute approximate surface area is 124 Å². The molecule has 2 N–H and O–H groups in total. The normalized spacial score (nSPS) is 20.2. The number of hydrogen-bond donors (Lipinski definition) is 1. The molecule has 1 aromatic heterocycles. The lowest BCUT2D eigenvalue weighted by atomic mass is 9.90. The number of carbonyl (C=O) groups excluding carboxylic acids is 1. The maximum absolute atomic E-state index is 12.7. The van der Waals surface area contributed by atoms with Crippen LogP contribution in [0.15, 0.2) is 0 Å². The van der Waals surface area contributed by atoms with Gasteiger partial charge in [-0.05, 0) is 43.3 Å². The molecule has 5 nitrogen and oxygen atoms in total. The fourth-order valence-corrected chi connectivity index (χ4v) is 3.53. The van der Waals surface area contributed by atoms with Gasteiger partial charge < -0.3 is 10.6 Å². The number of aromatic nitrogens is 2. The third-order valence-electron chi connectivity index (χ3n) is 3.77. The number of hydrogen-bond acceptors (Lipinski definition) is 5. The summed E-state index contributed by atoms with van der Waals surface area (Å²) in [5.41, 5.74) is 6.30. The molecule has 0 spiro atoms. The van der Waals surface area contributed by atoms with E-state index in [1.54, 1.807) is 0 Å². The molecule has 0 saturated carbocycles. The van der Waals surface area contributed by atoms with E-state index < -0.39 is 0 Å². The highest BCUT2D eigenvalue weighted by Crippen LogP contribution is 2.28. The molecule has 1 aromatic rings. The molecule has 1 fully saturated rings. The summed E-state index contributed by atoms with van der Waals surface area (Å²) in [7, 11) is 0. The van der Waals surface area contributed by atoms with Crippen LogP contribution in [0.4, 0.5) is 0 Å². The number of carbonyl (C=O) groups is 1. The molecule has 0 radical (unpaired) electrons. The summed E-state index contributed by atoms with van der Waals surface area (Å²) in [5, 5.41) is 4.16. The quantitative estimate of drug-likeness (QED) is 0.926. The Hall–Kier alpha value is -1.01. The van der Waals surface area contributed by atoms with Crippen LogP contribution in [0.5, 0.6) is 0 Å². The van der Waals surface area contributed by atoms with E-state index in [1.807, 2.05) is 4.90 Å². The summed E-state index contributed by atoms with van der Waals surface area (Å²) in [4.78, 5) is 15.4. The van der Waals surface area contributed by atoms with Gasteiger partial charge >= 0.3 is 0 Å². The van der Waals surface area contributed by atoms with Crippen LogP contribution in [0.25, 0.3) is 0 Å². The van der Waals surface area contributed by atoms with Gasteiger partial charge in [0.15, 0.2) is 0 Å². The van der Waals surface area contributed by atoms with Crippen LogP contribution in [0.2, 0.25) is 0 Å². The van der Waals surface area contributed by atoms with Crippen molar-refractivity contribution in [2.75, 3.05) is 19.6 Å². The van der Waals surface area contributed by atoms with Crippen molar-refractivity contribution >= 4 is 17.4 Å². The molecule has 0 aromatic carbocycles. The summed E-state index contributed by atoms with van der Waals surface area (Å²) >= 11 is 1.22. The second-order valence-electron chi connectivity index (χ2n) is 6.54. The molecule has 112 valence electrons. The van der Waals surface area contributed by atoms with E-state index in [1.165, 1.54) is 18.0 Å². The monoisotopic (exact) mass is 296 g/mol. The minimum Gasteiger partial charge on any atom is -0.338 e. The number of rotatable bonds is 3. The van der Waals surface area contributed by atoms with Crippen LogP contribution < -0.4 is 5.73 Å². The van der Waals surface area contributed by atoms with E-state index in [0.29, 0.717) is 17.3 Å². The number of nitrogens with two attached hydrogens (primary N) is 1. The minimum absolute atomic E-state index is 0.0895. The number of piperidine rings is 1. The molecule has 2 heterocycles. The highest BCUT2D eigenvalue weighted by molar-refractivity contribution is 7.08. The van der Waals surface area contributed by atoms with E-state index in [4.69, 9.17) is 5.73 Å². The maximum Gasteiger partial charge on any atom is 0.267 e. The molecule has 1 amide bonds. The zero-order chi connectivity index (χ0) is 14.8. The molecule has 2 rings (SSSR count). The third-order valence-corrected chi connectivity index (χ3v) is 4.49. The van der Waals surface area contributed by atoms with Gasteiger partial charge in [0, 0.05) is 18.5 Å². The fourth-order valence-electron chi connectivity index (χ4n) is 2.69. The largest absolute Gasteiger partial charge is 0.338 e. The summed E-state index contributed by atoms with van der Waals surface area (Å²) in [6.07, 6.45) is 3.23. The Balaban J connectivity index is 2.13. The second-order valence-corrected chi connectivity index (χ2v) is 7.29. The molecular weight excluding hydrogens is 272 g/mol. The van der Waals surface area contributed by atoms with Gasteiger partial charge in [-0.25, -0.2) is 0 Å². The van der Waals surface area contributed by atoms with E-state index in [2.05, 4.69) is 30.4 Å². The van der Waals surface area contributed by atoms with Gasteiger partial charge in [-0.1, -0.05) is 25.3 Å². The van der Waals surface area contributed by atoms with Crippen molar-refractivity contribution in [1.82, 2.24) is 14.5 Å². The van der Waals surface area contributed by atoms with Crippen molar-refractivity contribution in [3.8, 4) is 0 Å². The second kappa shape index (κ2) is 6.18. The van der Waals surface area contributed by atoms with Crippen molar-refractivity contribution in [2.24, 2.45) is 11.7 Å². The average Bonchev–Trinajstić information content (AvgIpc) is 2.87. The molecular formula is C14H24N4OS. The standard InChI is InChI=1S/C14H24N4OS/c1-14(2,3)12-11(20-17-16-12)13(19)18-8-4-5-10(9-18)6-7-15/h10H,4-9,15H2,1-3H3. The first-order valence-electron chi connectivity index (χ1n) is 7.25. The maximum atomic E-state index is 12.7. The molecule has 1 unspecified atom stereocenters. The Morgan fingerprint density at radius 2 is 2.25 bits per heavy atom. The van der Waals surface area contributed by atoms with Crippen molar-refractivity contribution in [2.45, 2.75) is 45.4 Å². The number of nitrogens with zero attached hydrogens (tertiary/aromatic N) is 3.